The van der Waals surface area contributed by atoms with Crippen molar-refractivity contribution >= 4 is 18.6 Å². The zero-order valence-corrected chi connectivity index (χ0v) is 7.44. The normalized spacial score (nSPS) is 10.4. The smallest absolute Gasteiger partial charge is 0.153 e. The van der Waals surface area contributed by atoms with E-state index in [2.05, 4.69) is 0 Å². The number of carbonyl (C=O) groups excluding carboxylic acids is 2. The second-order valence-electron chi connectivity index (χ2n) is 2.67. The van der Waals surface area contributed by atoms with Crippen LogP contribution in [0.2, 0.25) is 0 Å². The third kappa shape index (κ3) is 2.36. The molecule has 0 amide bonds. The molecule has 1 rings (SSSR count). The maximum absolute atomic E-state index is 13.3. The van der Waals surface area contributed by atoms with Crippen LogP contribution in [-0.4, -0.2) is 12.6 Å². The first-order chi connectivity index (χ1) is 6.79. The Morgan fingerprint density at radius 2 is 1.93 bits per heavy atom. The fourth-order valence-electron chi connectivity index (χ4n) is 1.04. The molecule has 0 aliphatic heterocycles. The van der Waals surface area contributed by atoms with Gasteiger partial charge in [0, 0.05) is 12.0 Å². The summed E-state index contributed by atoms with van der Waals surface area (Å²) in [5, 5.41) is 0. The van der Waals surface area contributed by atoms with Gasteiger partial charge in [-0.05, 0) is 6.07 Å². The Morgan fingerprint density at radius 3 is 2.57 bits per heavy atom. The highest BCUT2D eigenvalue weighted by molar-refractivity contribution is 5.77. The fourth-order valence-corrected chi connectivity index (χ4v) is 1.04. The summed E-state index contributed by atoms with van der Waals surface area (Å²) in [6, 6.07) is 4.54. The first kappa shape index (κ1) is 10.3. The molecule has 14 heavy (non-hydrogen) atoms. The molecule has 0 saturated heterocycles. The van der Waals surface area contributed by atoms with Crippen molar-refractivity contribution in [3.8, 4) is 0 Å². The van der Waals surface area contributed by atoms with Gasteiger partial charge in [0.05, 0.1) is 5.56 Å². The predicted octanol–water partition coefficient (Wildman–Crippen LogP) is 2.24. The van der Waals surface area contributed by atoms with Crippen molar-refractivity contribution in [2.75, 3.05) is 0 Å². The molecule has 0 fully saturated rings. The number of allylic oxidation sites excluding steroid dienone is 1. The molecule has 0 atom stereocenters. The lowest BCUT2D eigenvalue weighted by Gasteiger charge is -1.98. The molecule has 0 aliphatic carbocycles. The summed E-state index contributed by atoms with van der Waals surface area (Å²) in [7, 11) is 0. The number of halogens is 1. The van der Waals surface area contributed by atoms with Crippen LogP contribution in [-0.2, 0) is 4.79 Å². The molecule has 0 bridgehead atoms. The van der Waals surface area contributed by atoms with E-state index in [0.717, 1.165) is 6.29 Å². The maximum atomic E-state index is 13.3. The second kappa shape index (κ2) is 5.07. The van der Waals surface area contributed by atoms with Crippen molar-refractivity contribution in [3.05, 3.63) is 41.2 Å². The minimum absolute atomic E-state index is 0.0262. The van der Waals surface area contributed by atoms with Gasteiger partial charge >= 0.3 is 0 Å². The molecule has 72 valence electrons. The van der Waals surface area contributed by atoms with E-state index in [1.807, 2.05) is 0 Å². The Hall–Kier alpha value is -1.77. The van der Waals surface area contributed by atoms with Crippen LogP contribution >= 0.6 is 0 Å². The van der Waals surface area contributed by atoms with Crippen LogP contribution in [0.1, 0.15) is 22.3 Å². The van der Waals surface area contributed by atoms with Crippen molar-refractivity contribution in [1.29, 1.82) is 0 Å². The second-order valence-corrected chi connectivity index (χ2v) is 2.67. The van der Waals surface area contributed by atoms with E-state index in [1.54, 1.807) is 18.2 Å². The van der Waals surface area contributed by atoms with Crippen molar-refractivity contribution in [2.45, 2.75) is 6.42 Å². The number of hydrogen-bond acceptors (Lipinski definition) is 2. The first-order valence-corrected chi connectivity index (χ1v) is 4.13. The molecule has 3 heteroatoms. The van der Waals surface area contributed by atoms with Crippen LogP contribution in [0.5, 0.6) is 0 Å². The predicted molar refractivity (Wildman–Crippen MR) is 51.5 cm³/mol. The zero-order valence-electron chi connectivity index (χ0n) is 7.44. The van der Waals surface area contributed by atoms with Gasteiger partial charge in [-0.3, -0.25) is 4.79 Å². The SMILES string of the molecule is O=CCC=Cc1cccc(C=O)c1F. The van der Waals surface area contributed by atoms with Gasteiger partial charge in [0.2, 0.25) is 0 Å². The summed E-state index contributed by atoms with van der Waals surface area (Å²) in [6.07, 6.45) is 4.45. The largest absolute Gasteiger partial charge is 0.303 e. The van der Waals surface area contributed by atoms with E-state index in [0.29, 0.717) is 11.8 Å². The molecule has 0 aromatic heterocycles. The molecule has 0 aliphatic rings. The zero-order chi connectivity index (χ0) is 10.4. The fraction of sp³-hybridized carbons (Fsp3) is 0.0909. The summed E-state index contributed by atoms with van der Waals surface area (Å²) in [5.41, 5.74) is 0.342. The molecular weight excluding hydrogens is 183 g/mol. The lowest BCUT2D eigenvalue weighted by molar-refractivity contribution is -0.107. The third-order valence-electron chi connectivity index (χ3n) is 1.72. The van der Waals surface area contributed by atoms with Crippen molar-refractivity contribution in [2.24, 2.45) is 0 Å². The van der Waals surface area contributed by atoms with Gasteiger partial charge < -0.3 is 4.79 Å². The Labute approximate surface area is 81.1 Å². The minimum Gasteiger partial charge on any atom is -0.303 e. The number of carbonyl (C=O) groups is 2. The molecule has 1 aromatic rings. The van der Waals surface area contributed by atoms with E-state index >= 15 is 0 Å². The van der Waals surface area contributed by atoms with E-state index in [-0.39, 0.29) is 12.0 Å². The average molecular weight is 192 g/mol. The number of aldehydes is 2. The molecule has 0 radical (unpaired) electrons. The molecule has 0 unspecified atom stereocenters. The van der Waals surface area contributed by atoms with Gasteiger partial charge in [0.25, 0.3) is 0 Å². The highest BCUT2D eigenvalue weighted by atomic mass is 19.1. The molecule has 0 saturated carbocycles. The van der Waals surface area contributed by atoms with Gasteiger partial charge in [-0.25, -0.2) is 4.39 Å². The lowest BCUT2D eigenvalue weighted by Crippen LogP contribution is -1.90. The lowest BCUT2D eigenvalue weighted by atomic mass is 10.1. The van der Waals surface area contributed by atoms with E-state index < -0.39 is 5.82 Å². The topological polar surface area (TPSA) is 34.1 Å². The summed E-state index contributed by atoms with van der Waals surface area (Å²) >= 11 is 0. The Bertz CT molecular complexity index is 370. The number of hydrogen-bond donors (Lipinski definition) is 0. The molecule has 1 aromatic carbocycles. The van der Waals surface area contributed by atoms with Gasteiger partial charge in [-0.1, -0.05) is 24.3 Å². The highest BCUT2D eigenvalue weighted by Gasteiger charge is 2.03. The van der Waals surface area contributed by atoms with Crippen LogP contribution in [0.3, 0.4) is 0 Å². The quantitative estimate of drug-likeness (QED) is 0.685. The molecule has 0 spiro atoms. The maximum Gasteiger partial charge on any atom is 0.153 e. The Balaban J connectivity index is 2.97. The van der Waals surface area contributed by atoms with E-state index in [1.165, 1.54) is 12.1 Å². The molecule has 2 nitrogen and oxygen atoms in total. The monoisotopic (exact) mass is 192 g/mol. The number of benzene rings is 1. The highest BCUT2D eigenvalue weighted by Crippen LogP contribution is 2.12. The third-order valence-corrected chi connectivity index (χ3v) is 1.72. The summed E-state index contributed by atoms with van der Waals surface area (Å²) in [4.78, 5) is 20.4. The van der Waals surface area contributed by atoms with E-state index in [9.17, 15) is 14.0 Å². The van der Waals surface area contributed by atoms with Crippen LogP contribution < -0.4 is 0 Å². The van der Waals surface area contributed by atoms with Gasteiger partial charge in [0.15, 0.2) is 6.29 Å². The Morgan fingerprint density at radius 1 is 1.21 bits per heavy atom. The number of rotatable bonds is 4. The Kier molecular flexibility index (Phi) is 3.73. The van der Waals surface area contributed by atoms with Crippen LogP contribution in [0, 0.1) is 5.82 Å². The molecular formula is C11H9FO2. The summed E-state index contributed by atoms with van der Waals surface area (Å²) in [6.45, 7) is 0. The van der Waals surface area contributed by atoms with Crippen molar-refractivity contribution < 1.29 is 14.0 Å². The van der Waals surface area contributed by atoms with Gasteiger partial charge in [-0.2, -0.15) is 0 Å². The van der Waals surface area contributed by atoms with Crippen LogP contribution in [0.15, 0.2) is 24.3 Å². The summed E-state index contributed by atoms with van der Waals surface area (Å²) < 4.78 is 13.3. The van der Waals surface area contributed by atoms with Crippen LogP contribution in [0.25, 0.3) is 6.08 Å². The average Bonchev–Trinajstić information content (AvgIpc) is 2.21. The first-order valence-electron chi connectivity index (χ1n) is 4.13. The minimum atomic E-state index is -0.551. The van der Waals surface area contributed by atoms with Crippen LogP contribution in [0.4, 0.5) is 4.39 Å². The standard InChI is InChI=1S/C11H9FO2/c12-11-9(4-1-2-7-13)5-3-6-10(11)8-14/h1,3-8H,2H2. The molecule has 0 heterocycles. The van der Waals surface area contributed by atoms with E-state index in [4.69, 9.17) is 0 Å². The van der Waals surface area contributed by atoms with Gasteiger partial charge in [0.1, 0.15) is 12.1 Å². The molecule has 0 N–H and O–H groups in total. The van der Waals surface area contributed by atoms with Gasteiger partial charge in [-0.15, -0.1) is 0 Å². The summed E-state index contributed by atoms with van der Waals surface area (Å²) in [5.74, 6) is -0.551. The van der Waals surface area contributed by atoms with Crippen molar-refractivity contribution in [3.63, 3.8) is 0 Å². The van der Waals surface area contributed by atoms with Crippen molar-refractivity contribution in [1.82, 2.24) is 0 Å².